The van der Waals surface area contributed by atoms with Crippen LogP contribution in [0.5, 0.6) is 0 Å². The Bertz CT molecular complexity index is 1010. The molecule has 128 valence electrons. The second-order valence-corrected chi connectivity index (χ2v) is 7.43. The molecule has 0 atom stereocenters. The summed E-state index contributed by atoms with van der Waals surface area (Å²) in [7, 11) is 0. The fourth-order valence-electron chi connectivity index (χ4n) is 3.58. The molecule has 1 aromatic carbocycles. The van der Waals surface area contributed by atoms with Gasteiger partial charge in [0.25, 0.3) is 5.91 Å². The van der Waals surface area contributed by atoms with Crippen molar-refractivity contribution in [2.45, 2.75) is 33.6 Å². The van der Waals surface area contributed by atoms with Crippen LogP contribution in [0, 0.1) is 26.6 Å². The first kappa shape index (κ1) is 16.1. The first-order chi connectivity index (χ1) is 12.0. The van der Waals surface area contributed by atoms with Crippen molar-refractivity contribution in [1.29, 1.82) is 0 Å². The fourth-order valence-corrected chi connectivity index (χ4v) is 4.80. The van der Waals surface area contributed by atoms with Crippen LogP contribution in [0.4, 0.5) is 10.1 Å². The lowest BCUT2D eigenvalue weighted by molar-refractivity contribution is 0.0988. The Kier molecular flexibility index (Phi) is 3.80. The van der Waals surface area contributed by atoms with Crippen LogP contribution in [0.15, 0.2) is 18.2 Å². The van der Waals surface area contributed by atoms with Gasteiger partial charge in [-0.15, -0.1) is 11.3 Å². The highest BCUT2D eigenvalue weighted by molar-refractivity contribution is 7.20. The molecule has 4 nitrogen and oxygen atoms in total. The Labute approximate surface area is 149 Å². The highest BCUT2D eigenvalue weighted by Crippen LogP contribution is 2.35. The van der Waals surface area contributed by atoms with Gasteiger partial charge in [-0.25, -0.2) is 14.4 Å². The van der Waals surface area contributed by atoms with Crippen molar-refractivity contribution < 1.29 is 9.18 Å². The number of anilines is 1. The number of halogens is 1. The molecule has 3 heterocycles. The van der Waals surface area contributed by atoms with E-state index in [0.717, 1.165) is 45.6 Å². The molecule has 1 amide bonds. The molecule has 0 N–H and O–H groups in total. The minimum absolute atomic E-state index is 0.0369. The van der Waals surface area contributed by atoms with Crippen LogP contribution in [0.1, 0.15) is 38.7 Å². The SMILES string of the molecule is Cc1nc(C)c2c(C)c(C(=O)N3CCCc4cc(F)ccc43)sc2n1. The molecular formula is C19H18FN3OS. The third-order valence-electron chi connectivity index (χ3n) is 4.68. The molecule has 0 spiro atoms. The van der Waals surface area contributed by atoms with E-state index in [1.807, 2.05) is 20.8 Å². The molecule has 0 radical (unpaired) electrons. The molecule has 0 fully saturated rings. The Morgan fingerprint density at radius 2 is 2.04 bits per heavy atom. The van der Waals surface area contributed by atoms with E-state index in [1.54, 1.807) is 11.0 Å². The van der Waals surface area contributed by atoms with E-state index in [1.165, 1.54) is 23.5 Å². The van der Waals surface area contributed by atoms with Gasteiger partial charge in [0.15, 0.2) is 0 Å². The summed E-state index contributed by atoms with van der Waals surface area (Å²) in [5, 5.41) is 0.968. The molecular weight excluding hydrogens is 337 g/mol. The summed E-state index contributed by atoms with van der Waals surface area (Å²) in [5.74, 6) is 0.418. The van der Waals surface area contributed by atoms with Gasteiger partial charge >= 0.3 is 0 Å². The van der Waals surface area contributed by atoms with Crippen molar-refractivity contribution in [3.05, 3.63) is 51.5 Å². The third-order valence-corrected chi connectivity index (χ3v) is 5.86. The first-order valence-electron chi connectivity index (χ1n) is 8.30. The molecule has 2 aromatic heterocycles. The molecule has 1 aliphatic rings. The summed E-state index contributed by atoms with van der Waals surface area (Å²) in [6.45, 7) is 6.41. The predicted molar refractivity (Wildman–Crippen MR) is 98.0 cm³/mol. The minimum atomic E-state index is -0.257. The molecule has 3 aromatic rings. The predicted octanol–water partition coefficient (Wildman–Crippen LogP) is 4.35. The standard InChI is InChI=1S/C19H18FN3OS/c1-10-16-11(2)21-12(3)22-18(16)25-17(10)19(24)23-8-4-5-13-9-14(20)6-7-15(13)23/h6-7,9H,4-5,8H2,1-3H3. The molecule has 0 unspecified atom stereocenters. The van der Waals surface area contributed by atoms with Gasteiger partial charge in [-0.3, -0.25) is 4.79 Å². The summed E-state index contributed by atoms with van der Waals surface area (Å²) in [6.07, 6.45) is 1.64. The van der Waals surface area contributed by atoms with Crippen molar-refractivity contribution in [2.24, 2.45) is 0 Å². The van der Waals surface area contributed by atoms with Gasteiger partial charge in [0, 0.05) is 23.3 Å². The fraction of sp³-hybridized carbons (Fsp3) is 0.316. The second-order valence-electron chi connectivity index (χ2n) is 6.43. The van der Waals surface area contributed by atoms with E-state index in [0.29, 0.717) is 17.2 Å². The molecule has 0 aliphatic carbocycles. The number of rotatable bonds is 1. The van der Waals surface area contributed by atoms with Crippen LogP contribution in [-0.2, 0) is 6.42 Å². The van der Waals surface area contributed by atoms with Crippen molar-refractivity contribution in [2.75, 3.05) is 11.4 Å². The Balaban J connectivity index is 1.82. The number of thiophene rings is 1. The van der Waals surface area contributed by atoms with E-state index < -0.39 is 0 Å². The zero-order valence-corrected chi connectivity index (χ0v) is 15.2. The summed E-state index contributed by atoms with van der Waals surface area (Å²) < 4.78 is 13.5. The first-order valence-corrected chi connectivity index (χ1v) is 9.12. The Hall–Kier alpha value is -2.34. The van der Waals surface area contributed by atoms with E-state index in [-0.39, 0.29) is 11.7 Å². The summed E-state index contributed by atoms with van der Waals surface area (Å²) >= 11 is 1.42. The monoisotopic (exact) mass is 355 g/mol. The van der Waals surface area contributed by atoms with Crippen molar-refractivity contribution >= 4 is 33.1 Å². The highest BCUT2D eigenvalue weighted by Gasteiger charge is 2.27. The Morgan fingerprint density at radius 1 is 1.24 bits per heavy atom. The number of benzene rings is 1. The smallest absolute Gasteiger partial charge is 0.268 e. The number of carbonyl (C=O) groups is 1. The highest BCUT2D eigenvalue weighted by atomic mass is 32.1. The zero-order chi connectivity index (χ0) is 17.7. The van der Waals surface area contributed by atoms with Gasteiger partial charge in [-0.2, -0.15) is 0 Å². The van der Waals surface area contributed by atoms with Gasteiger partial charge in [-0.1, -0.05) is 0 Å². The number of hydrogen-bond acceptors (Lipinski definition) is 4. The number of carbonyl (C=O) groups excluding carboxylic acids is 1. The molecule has 0 saturated heterocycles. The lowest BCUT2D eigenvalue weighted by Crippen LogP contribution is -2.35. The molecule has 1 aliphatic heterocycles. The van der Waals surface area contributed by atoms with E-state index in [4.69, 9.17) is 0 Å². The van der Waals surface area contributed by atoms with Crippen molar-refractivity contribution in [3.63, 3.8) is 0 Å². The molecule has 4 rings (SSSR count). The van der Waals surface area contributed by atoms with E-state index in [9.17, 15) is 9.18 Å². The van der Waals surface area contributed by atoms with E-state index in [2.05, 4.69) is 9.97 Å². The molecule has 6 heteroatoms. The number of fused-ring (bicyclic) bond motifs is 2. The van der Waals surface area contributed by atoms with Gasteiger partial charge in [0.1, 0.15) is 16.5 Å². The minimum Gasteiger partial charge on any atom is -0.307 e. The van der Waals surface area contributed by atoms with Crippen LogP contribution in [-0.4, -0.2) is 22.4 Å². The van der Waals surface area contributed by atoms with Crippen LogP contribution < -0.4 is 4.90 Å². The Morgan fingerprint density at radius 3 is 2.84 bits per heavy atom. The van der Waals surface area contributed by atoms with Crippen LogP contribution in [0.2, 0.25) is 0 Å². The van der Waals surface area contributed by atoms with Crippen LogP contribution in [0.25, 0.3) is 10.2 Å². The summed E-state index contributed by atoms with van der Waals surface area (Å²) in [6, 6.07) is 4.66. The summed E-state index contributed by atoms with van der Waals surface area (Å²) in [4.78, 5) is 25.4. The average Bonchev–Trinajstić information content (AvgIpc) is 2.90. The second kappa shape index (κ2) is 5.88. The normalized spacial score (nSPS) is 14.0. The third kappa shape index (κ3) is 2.61. The van der Waals surface area contributed by atoms with E-state index >= 15 is 0 Å². The maximum absolute atomic E-state index is 13.5. The van der Waals surface area contributed by atoms with Crippen molar-refractivity contribution in [3.8, 4) is 0 Å². The number of aromatic nitrogens is 2. The lowest BCUT2D eigenvalue weighted by atomic mass is 10.0. The molecule has 25 heavy (non-hydrogen) atoms. The maximum atomic E-state index is 13.5. The number of aryl methyl sites for hydroxylation is 4. The van der Waals surface area contributed by atoms with Gasteiger partial charge < -0.3 is 4.90 Å². The largest absolute Gasteiger partial charge is 0.307 e. The number of amides is 1. The van der Waals surface area contributed by atoms with Crippen LogP contribution >= 0.6 is 11.3 Å². The van der Waals surface area contributed by atoms with Gasteiger partial charge in [0.2, 0.25) is 0 Å². The lowest BCUT2D eigenvalue weighted by Gasteiger charge is -2.29. The average molecular weight is 355 g/mol. The number of hydrogen-bond donors (Lipinski definition) is 0. The molecule has 0 bridgehead atoms. The number of nitrogens with zero attached hydrogens (tertiary/aromatic N) is 3. The summed E-state index contributed by atoms with van der Waals surface area (Å²) in [5.41, 5.74) is 3.53. The van der Waals surface area contributed by atoms with Gasteiger partial charge in [0.05, 0.1) is 4.88 Å². The van der Waals surface area contributed by atoms with Crippen molar-refractivity contribution in [1.82, 2.24) is 9.97 Å². The van der Waals surface area contributed by atoms with Gasteiger partial charge in [-0.05, 0) is 62.9 Å². The zero-order valence-electron chi connectivity index (χ0n) is 14.4. The molecule has 0 saturated carbocycles. The maximum Gasteiger partial charge on any atom is 0.268 e. The quantitative estimate of drug-likeness (QED) is 0.652. The van der Waals surface area contributed by atoms with Crippen LogP contribution in [0.3, 0.4) is 0 Å². The topological polar surface area (TPSA) is 46.1 Å².